The molecule has 2 atom stereocenters. The van der Waals surface area contributed by atoms with Crippen molar-refractivity contribution >= 4 is 52.2 Å². The highest BCUT2D eigenvalue weighted by Crippen LogP contribution is 2.40. The molecule has 1 aliphatic rings. The summed E-state index contributed by atoms with van der Waals surface area (Å²) in [6.07, 6.45) is 0.911. The molecule has 1 fully saturated rings. The number of Topliss-reactive ketones (excluding diaryl/α,β-unsaturated/α-hetero) is 1. The van der Waals surface area contributed by atoms with Crippen LogP contribution in [0.5, 0.6) is 0 Å². The fourth-order valence-corrected chi connectivity index (χ4v) is 1.99. The summed E-state index contributed by atoms with van der Waals surface area (Å²) in [5.74, 6) is -0.150. The molecule has 0 bridgehead atoms. The van der Waals surface area contributed by atoms with Crippen molar-refractivity contribution in [2.24, 2.45) is 5.92 Å². The van der Waals surface area contributed by atoms with Gasteiger partial charge in [0.2, 0.25) is 0 Å². The molecule has 1 saturated carbocycles. The second-order valence-electron chi connectivity index (χ2n) is 2.62. The van der Waals surface area contributed by atoms with E-state index in [0.717, 1.165) is 0 Å². The highest BCUT2D eigenvalue weighted by atomic mass is 35.6. The first-order valence-corrected chi connectivity index (χ1v) is 4.72. The van der Waals surface area contributed by atoms with Crippen LogP contribution < -0.4 is 0 Å². The van der Waals surface area contributed by atoms with Crippen LogP contribution in [-0.2, 0) is 4.79 Å². The Bertz CT molecular complexity index is 174. The number of alkyl halides is 4. The van der Waals surface area contributed by atoms with E-state index < -0.39 is 3.79 Å². The van der Waals surface area contributed by atoms with Crippen LogP contribution in [0.1, 0.15) is 12.8 Å². The van der Waals surface area contributed by atoms with Crippen molar-refractivity contribution in [2.45, 2.75) is 22.0 Å². The quantitative estimate of drug-likeness (QED) is 0.639. The smallest absolute Gasteiger partial charge is 0.191 e. The van der Waals surface area contributed by atoms with Gasteiger partial charge in [-0.1, -0.05) is 34.8 Å². The van der Waals surface area contributed by atoms with Gasteiger partial charge in [0, 0.05) is 12.3 Å². The molecule has 1 nitrogen and oxygen atoms in total. The van der Waals surface area contributed by atoms with Gasteiger partial charge in [-0.25, -0.2) is 0 Å². The van der Waals surface area contributed by atoms with Crippen LogP contribution >= 0.6 is 46.4 Å². The first-order valence-electron chi connectivity index (χ1n) is 3.14. The minimum Gasteiger partial charge on any atom is -0.298 e. The molecule has 0 aromatic carbocycles. The van der Waals surface area contributed by atoms with Gasteiger partial charge in [0.15, 0.2) is 9.58 Å². The zero-order valence-electron chi connectivity index (χ0n) is 5.49. The average molecular weight is 236 g/mol. The van der Waals surface area contributed by atoms with Gasteiger partial charge in [0.05, 0.1) is 5.38 Å². The van der Waals surface area contributed by atoms with E-state index in [-0.39, 0.29) is 23.5 Å². The number of hydrogen-bond acceptors (Lipinski definition) is 1. The molecular weight excluding hydrogens is 230 g/mol. The Morgan fingerprint density at radius 3 is 2.27 bits per heavy atom. The van der Waals surface area contributed by atoms with Crippen molar-refractivity contribution in [2.75, 3.05) is 0 Å². The van der Waals surface area contributed by atoms with E-state index in [1.807, 2.05) is 0 Å². The Labute approximate surface area is 84.9 Å². The maximum atomic E-state index is 10.9. The average Bonchev–Trinajstić information content (AvgIpc) is 1.84. The topological polar surface area (TPSA) is 17.1 Å². The number of hydrogen-bond donors (Lipinski definition) is 0. The van der Waals surface area contributed by atoms with Gasteiger partial charge in [-0.3, -0.25) is 4.79 Å². The van der Waals surface area contributed by atoms with Gasteiger partial charge in [-0.05, 0) is 6.42 Å². The minimum absolute atomic E-state index is 0.00186. The van der Waals surface area contributed by atoms with Crippen LogP contribution in [0.15, 0.2) is 0 Å². The molecule has 0 saturated heterocycles. The minimum atomic E-state index is -1.32. The Morgan fingerprint density at radius 1 is 1.45 bits per heavy atom. The second-order valence-corrected chi connectivity index (χ2v) is 5.66. The molecule has 0 amide bonds. The molecule has 0 spiro atoms. The summed E-state index contributed by atoms with van der Waals surface area (Å²) in [5, 5.41) is -0.354. The van der Waals surface area contributed by atoms with E-state index in [0.29, 0.717) is 6.42 Å². The van der Waals surface area contributed by atoms with Crippen LogP contribution in [0.25, 0.3) is 0 Å². The monoisotopic (exact) mass is 234 g/mol. The van der Waals surface area contributed by atoms with Gasteiger partial charge in [0.25, 0.3) is 0 Å². The Morgan fingerprint density at radius 2 is 2.00 bits per heavy atom. The highest BCUT2D eigenvalue weighted by Gasteiger charge is 2.41. The molecule has 0 heterocycles. The summed E-state index contributed by atoms with van der Waals surface area (Å²) in [6.45, 7) is 0. The SMILES string of the molecule is O=C1C(Cl)CC1CC(Cl)(Cl)Cl. The van der Waals surface area contributed by atoms with Crippen LogP contribution in [-0.4, -0.2) is 15.0 Å². The number of carbonyl (C=O) groups is 1. The lowest BCUT2D eigenvalue weighted by Gasteiger charge is -2.31. The Kier molecular flexibility index (Phi) is 2.97. The van der Waals surface area contributed by atoms with Crippen molar-refractivity contribution in [1.29, 1.82) is 0 Å². The second kappa shape index (κ2) is 3.29. The van der Waals surface area contributed by atoms with Gasteiger partial charge >= 0.3 is 0 Å². The molecule has 1 aliphatic carbocycles. The van der Waals surface area contributed by atoms with Crippen LogP contribution in [0.2, 0.25) is 0 Å². The summed E-state index contributed by atoms with van der Waals surface area (Å²) in [7, 11) is 0. The lowest BCUT2D eigenvalue weighted by molar-refractivity contribution is -0.128. The van der Waals surface area contributed by atoms with Crippen molar-refractivity contribution in [3.63, 3.8) is 0 Å². The zero-order chi connectivity index (χ0) is 8.65. The van der Waals surface area contributed by atoms with Gasteiger partial charge in [0.1, 0.15) is 0 Å². The molecule has 2 unspecified atom stereocenters. The van der Waals surface area contributed by atoms with Crippen LogP contribution in [0.4, 0.5) is 0 Å². The van der Waals surface area contributed by atoms with Gasteiger partial charge in [-0.2, -0.15) is 0 Å². The lowest BCUT2D eigenvalue weighted by atomic mass is 9.81. The summed E-state index contributed by atoms with van der Waals surface area (Å²) >= 11 is 22.0. The Hall–Kier alpha value is 0.830. The zero-order valence-corrected chi connectivity index (χ0v) is 8.51. The molecule has 0 aromatic rings. The molecule has 0 aromatic heterocycles. The predicted molar refractivity (Wildman–Crippen MR) is 47.7 cm³/mol. The largest absolute Gasteiger partial charge is 0.298 e. The van der Waals surface area contributed by atoms with E-state index >= 15 is 0 Å². The van der Waals surface area contributed by atoms with Crippen LogP contribution in [0, 0.1) is 5.92 Å². The Balaban J connectivity index is 2.37. The molecule has 5 heteroatoms. The third kappa shape index (κ3) is 2.66. The number of carbonyl (C=O) groups excluding carboxylic acids is 1. The maximum Gasteiger partial charge on any atom is 0.191 e. The lowest BCUT2D eigenvalue weighted by Crippen LogP contribution is -2.40. The third-order valence-corrected chi connectivity index (χ3v) is 2.54. The molecule has 0 radical (unpaired) electrons. The van der Waals surface area contributed by atoms with E-state index in [4.69, 9.17) is 46.4 Å². The first kappa shape index (κ1) is 9.91. The third-order valence-electron chi connectivity index (χ3n) is 1.68. The summed E-state index contributed by atoms with van der Waals surface area (Å²) in [6, 6.07) is 0. The fourth-order valence-electron chi connectivity index (χ4n) is 1.04. The van der Waals surface area contributed by atoms with E-state index in [9.17, 15) is 4.79 Å². The van der Waals surface area contributed by atoms with Crippen molar-refractivity contribution < 1.29 is 4.79 Å². The molecular formula is C6H6Cl4O. The van der Waals surface area contributed by atoms with Crippen molar-refractivity contribution in [3.8, 4) is 0 Å². The van der Waals surface area contributed by atoms with E-state index in [1.165, 1.54) is 0 Å². The summed E-state index contributed by atoms with van der Waals surface area (Å²) in [4.78, 5) is 10.9. The molecule has 0 aliphatic heterocycles. The molecule has 64 valence electrons. The summed E-state index contributed by atoms with van der Waals surface area (Å²) in [5.41, 5.74) is 0. The normalized spacial score (nSPS) is 31.8. The van der Waals surface area contributed by atoms with Gasteiger partial charge in [-0.15, -0.1) is 11.6 Å². The highest BCUT2D eigenvalue weighted by molar-refractivity contribution is 6.67. The van der Waals surface area contributed by atoms with E-state index in [1.54, 1.807) is 0 Å². The molecule has 11 heavy (non-hydrogen) atoms. The number of halogens is 4. The van der Waals surface area contributed by atoms with Crippen LogP contribution in [0.3, 0.4) is 0 Å². The van der Waals surface area contributed by atoms with Gasteiger partial charge < -0.3 is 0 Å². The van der Waals surface area contributed by atoms with E-state index in [2.05, 4.69) is 0 Å². The number of ketones is 1. The first-order chi connectivity index (χ1) is 4.90. The van der Waals surface area contributed by atoms with Crippen molar-refractivity contribution in [3.05, 3.63) is 0 Å². The predicted octanol–water partition coefficient (Wildman–Crippen LogP) is 2.94. The molecule has 0 N–H and O–H groups in total. The standard InChI is InChI=1S/C6H6Cl4O/c7-4-1-3(5(4)11)2-6(8,9)10/h3-4H,1-2H2. The van der Waals surface area contributed by atoms with Crippen molar-refractivity contribution in [1.82, 2.24) is 0 Å². The molecule has 1 rings (SSSR count). The fraction of sp³-hybridized carbons (Fsp3) is 0.833. The summed E-state index contributed by atoms with van der Waals surface area (Å²) < 4.78 is -1.32. The maximum absolute atomic E-state index is 10.9. The number of rotatable bonds is 1.